The highest BCUT2D eigenvalue weighted by molar-refractivity contribution is 6.65. The maximum atomic E-state index is 10.7. The van der Waals surface area contributed by atoms with E-state index in [1.807, 2.05) is 0 Å². The lowest BCUT2D eigenvalue weighted by molar-refractivity contribution is -0.385. The lowest BCUT2D eigenvalue weighted by Gasteiger charge is -2.11. The van der Waals surface area contributed by atoms with Crippen molar-refractivity contribution < 1.29 is 4.92 Å². The van der Waals surface area contributed by atoms with Gasteiger partial charge in [-0.15, -0.1) is 0 Å². The van der Waals surface area contributed by atoms with Crippen LogP contribution in [0.2, 0.25) is 0 Å². The first-order valence-corrected chi connectivity index (χ1v) is 4.55. The monoisotopic (exact) mass is 210 g/mol. The highest BCUT2D eigenvalue weighted by atomic mass is 35.5. The molecule has 1 aliphatic rings. The molecule has 0 fully saturated rings. The standard InChI is InChI=1S/C9H7ClN2O2/c10-9-5-4-6-7(11-9)2-1-3-8(6)12(13)14/h1-3H,4-5H2. The number of nitro benzene ring substituents is 1. The van der Waals surface area contributed by atoms with Crippen LogP contribution in [-0.2, 0) is 6.42 Å². The van der Waals surface area contributed by atoms with Crippen molar-refractivity contribution in [3.8, 4) is 0 Å². The Kier molecular flexibility index (Phi) is 2.21. The first-order chi connectivity index (χ1) is 6.68. The lowest BCUT2D eigenvalue weighted by atomic mass is 10.0. The molecule has 0 saturated heterocycles. The molecule has 1 aliphatic heterocycles. The van der Waals surface area contributed by atoms with Crippen molar-refractivity contribution in [2.45, 2.75) is 12.8 Å². The van der Waals surface area contributed by atoms with Crippen LogP contribution in [0.5, 0.6) is 0 Å². The van der Waals surface area contributed by atoms with Crippen LogP contribution in [0.3, 0.4) is 0 Å². The van der Waals surface area contributed by atoms with Crippen molar-refractivity contribution in [1.29, 1.82) is 0 Å². The van der Waals surface area contributed by atoms with Crippen molar-refractivity contribution in [3.63, 3.8) is 0 Å². The molecule has 0 radical (unpaired) electrons. The predicted octanol–water partition coefficient (Wildman–Crippen LogP) is 2.81. The van der Waals surface area contributed by atoms with Crippen LogP contribution < -0.4 is 0 Å². The number of benzene rings is 1. The third kappa shape index (κ3) is 1.48. The first-order valence-electron chi connectivity index (χ1n) is 4.18. The number of hydrogen-bond donors (Lipinski definition) is 0. The molecule has 0 spiro atoms. The Balaban J connectivity index is 2.58. The number of nitro groups is 1. The van der Waals surface area contributed by atoms with Crippen molar-refractivity contribution in [2.75, 3.05) is 0 Å². The Hall–Kier alpha value is -1.42. The number of hydrogen-bond acceptors (Lipinski definition) is 3. The molecule has 2 rings (SSSR count). The summed E-state index contributed by atoms with van der Waals surface area (Å²) in [7, 11) is 0. The average molecular weight is 211 g/mol. The summed E-state index contributed by atoms with van der Waals surface area (Å²) in [6.45, 7) is 0. The molecule has 0 amide bonds. The zero-order valence-corrected chi connectivity index (χ0v) is 7.99. The summed E-state index contributed by atoms with van der Waals surface area (Å²) in [4.78, 5) is 14.4. The molecule has 0 aliphatic carbocycles. The SMILES string of the molecule is O=[N+]([O-])c1cccc2c1CCC(Cl)=N2. The molecule has 0 atom stereocenters. The molecule has 0 bridgehead atoms. The van der Waals surface area contributed by atoms with E-state index in [1.165, 1.54) is 6.07 Å². The minimum absolute atomic E-state index is 0.135. The largest absolute Gasteiger partial charge is 0.274 e. The van der Waals surface area contributed by atoms with Crippen molar-refractivity contribution in [2.24, 2.45) is 4.99 Å². The van der Waals surface area contributed by atoms with E-state index in [0.717, 1.165) is 0 Å². The molecule has 14 heavy (non-hydrogen) atoms. The van der Waals surface area contributed by atoms with E-state index >= 15 is 0 Å². The van der Waals surface area contributed by atoms with Gasteiger partial charge in [0.2, 0.25) is 0 Å². The third-order valence-corrected chi connectivity index (χ3v) is 2.42. The zero-order chi connectivity index (χ0) is 10.1. The maximum absolute atomic E-state index is 10.7. The Morgan fingerprint density at radius 1 is 1.43 bits per heavy atom. The molecule has 5 heteroatoms. The number of fused-ring (bicyclic) bond motifs is 1. The average Bonchev–Trinajstić information content (AvgIpc) is 2.16. The summed E-state index contributed by atoms with van der Waals surface area (Å²) < 4.78 is 0. The highest BCUT2D eigenvalue weighted by Gasteiger charge is 2.20. The van der Waals surface area contributed by atoms with E-state index in [0.29, 0.717) is 29.3 Å². The highest BCUT2D eigenvalue weighted by Crippen LogP contribution is 2.33. The van der Waals surface area contributed by atoms with Gasteiger partial charge in [0.15, 0.2) is 0 Å². The topological polar surface area (TPSA) is 55.5 Å². The van der Waals surface area contributed by atoms with Gasteiger partial charge < -0.3 is 0 Å². The van der Waals surface area contributed by atoms with Gasteiger partial charge in [0.1, 0.15) is 5.17 Å². The van der Waals surface area contributed by atoms with Gasteiger partial charge >= 0.3 is 0 Å². The molecule has 1 aromatic rings. The van der Waals surface area contributed by atoms with Crippen LogP contribution in [0.15, 0.2) is 23.2 Å². The van der Waals surface area contributed by atoms with E-state index in [9.17, 15) is 10.1 Å². The van der Waals surface area contributed by atoms with Crippen molar-refractivity contribution in [3.05, 3.63) is 33.9 Å². The number of nitrogens with zero attached hydrogens (tertiary/aromatic N) is 2. The smallest absolute Gasteiger partial charge is 0.258 e. The third-order valence-electron chi connectivity index (χ3n) is 2.15. The molecular weight excluding hydrogens is 204 g/mol. The van der Waals surface area contributed by atoms with Crippen LogP contribution >= 0.6 is 11.6 Å². The second-order valence-electron chi connectivity index (χ2n) is 3.02. The van der Waals surface area contributed by atoms with Crippen LogP contribution in [0.25, 0.3) is 0 Å². The van der Waals surface area contributed by atoms with Gasteiger partial charge in [-0.05, 0) is 12.5 Å². The normalized spacial score (nSPS) is 14.5. The summed E-state index contributed by atoms with van der Waals surface area (Å²) >= 11 is 5.76. The minimum atomic E-state index is -0.381. The summed E-state index contributed by atoms with van der Waals surface area (Å²) in [6.07, 6.45) is 1.17. The lowest BCUT2D eigenvalue weighted by Crippen LogP contribution is -2.03. The minimum Gasteiger partial charge on any atom is -0.258 e. The Morgan fingerprint density at radius 3 is 2.93 bits per heavy atom. The van der Waals surface area contributed by atoms with E-state index in [1.54, 1.807) is 12.1 Å². The zero-order valence-electron chi connectivity index (χ0n) is 7.24. The van der Waals surface area contributed by atoms with Gasteiger partial charge in [0.25, 0.3) is 5.69 Å². The number of aliphatic imine (C=N–C) groups is 1. The number of halogens is 1. The van der Waals surface area contributed by atoms with E-state index in [2.05, 4.69) is 4.99 Å². The van der Waals surface area contributed by atoms with Crippen molar-refractivity contribution >= 4 is 28.1 Å². The molecule has 72 valence electrons. The molecule has 1 aromatic carbocycles. The summed E-state index contributed by atoms with van der Waals surface area (Å²) in [5, 5.41) is 11.2. The molecule has 1 heterocycles. The second-order valence-corrected chi connectivity index (χ2v) is 3.46. The Bertz CT molecular complexity index is 429. The van der Waals surface area contributed by atoms with Gasteiger partial charge in [-0.2, -0.15) is 0 Å². The van der Waals surface area contributed by atoms with Crippen LogP contribution in [0.4, 0.5) is 11.4 Å². The fourth-order valence-corrected chi connectivity index (χ4v) is 1.70. The fraction of sp³-hybridized carbons (Fsp3) is 0.222. The second kappa shape index (κ2) is 3.38. The van der Waals surface area contributed by atoms with E-state index in [-0.39, 0.29) is 10.6 Å². The fourth-order valence-electron chi connectivity index (χ4n) is 1.51. The molecule has 0 aromatic heterocycles. The van der Waals surface area contributed by atoms with Gasteiger partial charge in [0, 0.05) is 12.5 Å². The van der Waals surface area contributed by atoms with E-state index < -0.39 is 0 Å². The molecular formula is C9H7ClN2O2. The Morgan fingerprint density at radius 2 is 2.21 bits per heavy atom. The summed E-state index contributed by atoms with van der Waals surface area (Å²) in [6, 6.07) is 4.85. The van der Waals surface area contributed by atoms with Gasteiger partial charge in [-0.3, -0.25) is 10.1 Å². The number of rotatable bonds is 1. The quantitative estimate of drug-likeness (QED) is 0.529. The summed E-state index contributed by atoms with van der Waals surface area (Å²) in [5.74, 6) is 0. The molecule has 0 unspecified atom stereocenters. The van der Waals surface area contributed by atoms with Crippen LogP contribution in [-0.4, -0.2) is 10.1 Å². The summed E-state index contributed by atoms with van der Waals surface area (Å²) in [5.41, 5.74) is 1.44. The van der Waals surface area contributed by atoms with Crippen molar-refractivity contribution in [1.82, 2.24) is 0 Å². The molecule has 0 saturated carbocycles. The van der Waals surface area contributed by atoms with E-state index in [4.69, 9.17) is 11.6 Å². The van der Waals surface area contributed by atoms with Gasteiger partial charge in [-0.25, -0.2) is 4.99 Å². The Labute approximate surface area is 85.4 Å². The molecule has 4 nitrogen and oxygen atoms in total. The maximum Gasteiger partial charge on any atom is 0.274 e. The van der Waals surface area contributed by atoms with Crippen LogP contribution in [0, 0.1) is 10.1 Å². The predicted molar refractivity (Wildman–Crippen MR) is 54.4 cm³/mol. The van der Waals surface area contributed by atoms with Gasteiger partial charge in [-0.1, -0.05) is 17.7 Å². The molecule has 0 N–H and O–H groups in total. The van der Waals surface area contributed by atoms with Crippen LogP contribution in [0.1, 0.15) is 12.0 Å². The first kappa shape index (κ1) is 9.15. The van der Waals surface area contributed by atoms with Gasteiger partial charge in [0.05, 0.1) is 16.2 Å².